The molecule has 0 spiro atoms. The number of amidine groups is 2. The van der Waals surface area contributed by atoms with Gasteiger partial charge in [-0.25, -0.2) is 14.8 Å². The summed E-state index contributed by atoms with van der Waals surface area (Å²) in [6, 6.07) is -0.625. The fourth-order valence-corrected chi connectivity index (χ4v) is 0.822. The summed E-state index contributed by atoms with van der Waals surface area (Å²) in [5.41, 5.74) is 0.358. The van der Waals surface area contributed by atoms with Gasteiger partial charge in [0.05, 0.1) is 6.21 Å². The largest absolute Gasteiger partial charge is 0.369 e. The van der Waals surface area contributed by atoms with Gasteiger partial charge >= 0.3 is 6.03 Å². The highest BCUT2D eigenvalue weighted by Crippen LogP contribution is 2.03. The second kappa shape index (κ2) is 2.26. The molecule has 0 saturated carbocycles. The molecule has 2 aliphatic heterocycles. The Kier molecular flexibility index (Phi) is 1.26. The first kappa shape index (κ1) is 6.71. The molecular formula is C6H2N4O2. The molecule has 0 unspecified atom stereocenters. The second-order valence-corrected chi connectivity index (χ2v) is 2.06. The molecule has 0 N–H and O–H groups in total. The predicted molar refractivity (Wildman–Crippen MR) is 42.3 cm³/mol. The lowest BCUT2D eigenvalue weighted by molar-refractivity contribution is -0.102. The molecule has 2 heterocycles. The summed E-state index contributed by atoms with van der Waals surface area (Å²) in [5.74, 6) is 0.182. The highest BCUT2D eigenvalue weighted by atomic mass is 16.2. The van der Waals surface area contributed by atoms with Crippen LogP contribution in [0, 0.1) is 0 Å². The molecule has 0 radical (unpaired) electrons. The monoisotopic (exact) mass is 162 g/mol. The lowest BCUT2D eigenvalue weighted by atomic mass is 10.3. The molecule has 12 heavy (non-hydrogen) atoms. The van der Waals surface area contributed by atoms with E-state index in [9.17, 15) is 9.59 Å². The lowest BCUT2D eigenvalue weighted by Crippen LogP contribution is -2.16. The van der Waals surface area contributed by atoms with Crippen LogP contribution in [0.5, 0.6) is 0 Å². The summed E-state index contributed by atoms with van der Waals surface area (Å²) < 4.78 is 0. The van der Waals surface area contributed by atoms with E-state index >= 15 is 0 Å². The second-order valence-electron chi connectivity index (χ2n) is 2.06. The summed E-state index contributed by atoms with van der Waals surface area (Å²) in [4.78, 5) is 35.0. The molecule has 0 fully saturated rings. The van der Waals surface area contributed by atoms with Crippen LogP contribution < -0.4 is 0 Å². The first-order chi connectivity index (χ1) is 5.79. The Balaban J connectivity index is 2.47. The summed E-state index contributed by atoms with van der Waals surface area (Å²) in [6.07, 6.45) is 1.73. The first-order valence-electron chi connectivity index (χ1n) is 3.09. The Morgan fingerprint density at radius 2 is 2.08 bits per heavy atom. The lowest BCUT2D eigenvalue weighted by Gasteiger charge is -1.95. The van der Waals surface area contributed by atoms with Crippen LogP contribution in [-0.4, -0.2) is 35.9 Å². The van der Waals surface area contributed by atoms with Gasteiger partial charge in [-0.15, -0.1) is 0 Å². The summed E-state index contributed by atoms with van der Waals surface area (Å²) in [6.45, 7) is 0. The molecule has 0 saturated heterocycles. The number of aldehydes is 1. The minimum atomic E-state index is -0.625. The average Bonchev–Trinajstić information content (AvgIpc) is 2.46. The number of urea groups is 1. The maximum Gasteiger partial charge on any atom is 0.369 e. The number of carbonyl (C=O) groups is 2. The van der Waals surface area contributed by atoms with Crippen LogP contribution in [0.1, 0.15) is 0 Å². The Bertz CT molecular complexity index is 388. The van der Waals surface area contributed by atoms with Gasteiger partial charge in [-0.1, -0.05) is 0 Å². The van der Waals surface area contributed by atoms with Gasteiger partial charge in [0.25, 0.3) is 0 Å². The highest BCUT2D eigenvalue weighted by Gasteiger charge is 2.20. The molecule has 0 atom stereocenters. The van der Waals surface area contributed by atoms with Gasteiger partial charge in [0.15, 0.2) is 18.0 Å². The van der Waals surface area contributed by atoms with Crippen LogP contribution in [0.4, 0.5) is 4.79 Å². The van der Waals surface area contributed by atoms with Crippen molar-refractivity contribution in [3.05, 3.63) is 0 Å². The summed E-state index contributed by atoms with van der Waals surface area (Å²) >= 11 is 0. The minimum absolute atomic E-state index is 0.0184. The van der Waals surface area contributed by atoms with Crippen molar-refractivity contribution in [3.63, 3.8) is 0 Å². The van der Waals surface area contributed by atoms with Crippen molar-refractivity contribution in [2.75, 3.05) is 0 Å². The smallest absolute Gasteiger partial charge is 0.294 e. The van der Waals surface area contributed by atoms with Crippen molar-refractivity contribution < 1.29 is 9.59 Å². The number of carbonyl (C=O) groups excluding carboxylic acids is 2. The van der Waals surface area contributed by atoms with Gasteiger partial charge < -0.3 is 0 Å². The highest BCUT2D eigenvalue weighted by molar-refractivity contribution is 6.69. The SMILES string of the molecule is O=CC1=NC2=NC(=O)N=CC2=N1. The number of amides is 2. The number of hydrogen-bond acceptors (Lipinski definition) is 4. The van der Waals surface area contributed by atoms with Crippen LogP contribution in [0.25, 0.3) is 0 Å². The number of aliphatic imine (C=N–C) groups is 4. The van der Waals surface area contributed by atoms with Crippen LogP contribution in [0.3, 0.4) is 0 Å². The topological polar surface area (TPSA) is 83.6 Å². The van der Waals surface area contributed by atoms with E-state index in [0.717, 1.165) is 0 Å². The fourth-order valence-electron chi connectivity index (χ4n) is 0.822. The molecule has 0 aromatic rings. The number of hydrogen-bond donors (Lipinski definition) is 0. The number of rotatable bonds is 1. The molecule has 6 heteroatoms. The van der Waals surface area contributed by atoms with Crippen LogP contribution in [0.15, 0.2) is 20.0 Å². The van der Waals surface area contributed by atoms with Crippen molar-refractivity contribution in [1.29, 1.82) is 0 Å². The molecule has 2 rings (SSSR count). The molecule has 2 aliphatic rings. The van der Waals surface area contributed by atoms with E-state index in [0.29, 0.717) is 12.0 Å². The summed E-state index contributed by atoms with van der Waals surface area (Å²) in [7, 11) is 0. The van der Waals surface area contributed by atoms with E-state index in [1.165, 1.54) is 6.21 Å². The van der Waals surface area contributed by atoms with E-state index in [2.05, 4.69) is 20.0 Å². The number of fused-ring (bicyclic) bond motifs is 1. The van der Waals surface area contributed by atoms with Gasteiger partial charge in [-0.3, -0.25) is 4.79 Å². The average molecular weight is 162 g/mol. The molecule has 58 valence electrons. The molecule has 6 nitrogen and oxygen atoms in total. The normalized spacial score (nSPS) is 19.7. The predicted octanol–water partition coefficient (Wildman–Crippen LogP) is -0.359. The van der Waals surface area contributed by atoms with Crippen LogP contribution in [-0.2, 0) is 4.79 Å². The van der Waals surface area contributed by atoms with E-state index in [-0.39, 0.29) is 11.7 Å². The van der Waals surface area contributed by atoms with Crippen molar-refractivity contribution in [2.45, 2.75) is 0 Å². The van der Waals surface area contributed by atoms with Gasteiger partial charge in [-0.2, -0.15) is 9.98 Å². The zero-order valence-corrected chi connectivity index (χ0v) is 5.76. The van der Waals surface area contributed by atoms with Crippen molar-refractivity contribution >= 4 is 35.9 Å². The van der Waals surface area contributed by atoms with Gasteiger partial charge in [0.1, 0.15) is 5.71 Å². The molecule has 0 bridgehead atoms. The summed E-state index contributed by atoms with van der Waals surface area (Å²) in [5, 5.41) is 0. The van der Waals surface area contributed by atoms with Gasteiger partial charge in [-0.05, 0) is 0 Å². The third-order valence-electron chi connectivity index (χ3n) is 1.29. The molecule has 0 aliphatic carbocycles. The van der Waals surface area contributed by atoms with E-state index in [1.807, 2.05) is 0 Å². The maximum atomic E-state index is 10.6. The number of nitrogens with zero attached hydrogens (tertiary/aromatic N) is 4. The first-order valence-corrected chi connectivity index (χ1v) is 3.09. The Hall–Kier alpha value is -1.98. The fraction of sp³-hybridized carbons (Fsp3) is 0. The van der Waals surface area contributed by atoms with Crippen molar-refractivity contribution in [2.24, 2.45) is 20.0 Å². The molecular weight excluding hydrogens is 160 g/mol. The quantitative estimate of drug-likeness (QED) is 0.493. The van der Waals surface area contributed by atoms with Crippen LogP contribution in [0.2, 0.25) is 0 Å². The third kappa shape index (κ3) is 0.895. The van der Waals surface area contributed by atoms with Gasteiger partial charge in [0, 0.05) is 0 Å². The van der Waals surface area contributed by atoms with E-state index < -0.39 is 6.03 Å². The maximum absolute atomic E-state index is 10.6. The van der Waals surface area contributed by atoms with Crippen molar-refractivity contribution in [1.82, 2.24) is 0 Å². The Labute approximate surface area is 66.5 Å². The molecule has 2 amide bonds. The molecule has 0 aromatic heterocycles. The zero-order valence-electron chi connectivity index (χ0n) is 5.76. The van der Waals surface area contributed by atoms with Crippen molar-refractivity contribution in [3.8, 4) is 0 Å². The van der Waals surface area contributed by atoms with Gasteiger partial charge in [0.2, 0.25) is 0 Å². The third-order valence-corrected chi connectivity index (χ3v) is 1.29. The Morgan fingerprint density at radius 1 is 1.25 bits per heavy atom. The van der Waals surface area contributed by atoms with E-state index in [4.69, 9.17) is 0 Å². The van der Waals surface area contributed by atoms with Crippen LogP contribution >= 0.6 is 0 Å². The minimum Gasteiger partial charge on any atom is -0.294 e. The standard InChI is InChI=1S/C6H2N4O2/c11-2-4-8-3-1-7-6(12)10-5(3)9-4/h1-2H. The zero-order chi connectivity index (χ0) is 8.55. The Morgan fingerprint density at radius 3 is 2.83 bits per heavy atom. The molecule has 0 aromatic carbocycles. The van der Waals surface area contributed by atoms with E-state index in [1.54, 1.807) is 0 Å².